The third kappa shape index (κ3) is 2.13. The molecule has 0 bridgehead atoms. The number of aromatic nitrogens is 4. The largest absolute Gasteiger partial charge is 0.275 e. The lowest BCUT2D eigenvalue weighted by Crippen LogP contribution is -2.30. The van der Waals surface area contributed by atoms with E-state index >= 15 is 0 Å². The van der Waals surface area contributed by atoms with Gasteiger partial charge in [0.2, 0.25) is 0 Å². The van der Waals surface area contributed by atoms with Crippen molar-refractivity contribution in [2.45, 2.75) is 13.0 Å². The van der Waals surface area contributed by atoms with E-state index in [0.29, 0.717) is 0 Å². The van der Waals surface area contributed by atoms with E-state index in [-0.39, 0.29) is 6.04 Å². The van der Waals surface area contributed by atoms with Crippen LogP contribution in [0, 0.1) is 6.92 Å². The summed E-state index contributed by atoms with van der Waals surface area (Å²) in [6.07, 6.45) is 3.71. The van der Waals surface area contributed by atoms with Crippen molar-refractivity contribution in [2.75, 3.05) is 0 Å². The van der Waals surface area contributed by atoms with Gasteiger partial charge in [-0.15, -0.1) is 0 Å². The van der Waals surface area contributed by atoms with Crippen LogP contribution in [0.25, 0.3) is 0 Å². The fraction of sp³-hybridized carbons (Fsp3) is 0.400. The topological polar surface area (TPSA) is 73.7 Å². The summed E-state index contributed by atoms with van der Waals surface area (Å²) in [7, 11) is 3.78. The molecular weight excluding hydrogens is 284 g/mol. The first-order chi connectivity index (χ1) is 8.04. The zero-order chi connectivity index (χ0) is 12.6. The molecule has 0 aliphatic heterocycles. The first kappa shape index (κ1) is 12.3. The maximum atomic E-state index is 5.66. The van der Waals surface area contributed by atoms with Crippen molar-refractivity contribution >= 4 is 15.9 Å². The second-order valence-electron chi connectivity index (χ2n) is 3.94. The minimum atomic E-state index is -0.134. The van der Waals surface area contributed by atoms with Crippen LogP contribution in [0.2, 0.25) is 0 Å². The molecule has 0 spiro atoms. The van der Waals surface area contributed by atoms with Crippen molar-refractivity contribution in [1.29, 1.82) is 0 Å². The predicted octanol–water partition coefficient (Wildman–Crippen LogP) is 0.777. The van der Waals surface area contributed by atoms with E-state index in [2.05, 4.69) is 31.6 Å². The highest BCUT2D eigenvalue weighted by atomic mass is 79.9. The summed E-state index contributed by atoms with van der Waals surface area (Å²) < 4.78 is 4.49. The highest BCUT2D eigenvalue weighted by Gasteiger charge is 2.22. The van der Waals surface area contributed by atoms with Crippen molar-refractivity contribution in [1.82, 2.24) is 25.0 Å². The number of rotatable bonds is 3. The number of hydrogen-bond donors (Lipinski definition) is 2. The Morgan fingerprint density at radius 2 is 2.18 bits per heavy atom. The van der Waals surface area contributed by atoms with E-state index in [0.717, 1.165) is 21.4 Å². The first-order valence-corrected chi connectivity index (χ1v) is 5.97. The van der Waals surface area contributed by atoms with Gasteiger partial charge in [-0.1, -0.05) is 0 Å². The Balaban J connectivity index is 2.51. The average Bonchev–Trinajstić information content (AvgIpc) is 2.76. The molecule has 0 aliphatic rings. The monoisotopic (exact) mass is 298 g/mol. The number of hydrogen-bond acceptors (Lipinski definition) is 4. The Morgan fingerprint density at radius 1 is 1.47 bits per heavy atom. The van der Waals surface area contributed by atoms with Gasteiger partial charge in [0.15, 0.2) is 0 Å². The van der Waals surface area contributed by atoms with Crippen molar-refractivity contribution in [2.24, 2.45) is 19.9 Å². The molecule has 3 N–H and O–H groups in total. The van der Waals surface area contributed by atoms with E-state index in [1.165, 1.54) is 0 Å². The number of aryl methyl sites for hydroxylation is 3. The van der Waals surface area contributed by atoms with E-state index in [4.69, 9.17) is 5.84 Å². The standard InChI is InChI=1S/C10H15BrN6/c1-6-7(5-16(2)15-6)9(14-12)10-8(11)4-13-17(10)3/h4-5,9,14H,12H2,1-3H3. The summed E-state index contributed by atoms with van der Waals surface area (Å²) in [6, 6.07) is -0.134. The molecule has 2 aromatic heterocycles. The van der Waals surface area contributed by atoms with Gasteiger partial charge in [0.25, 0.3) is 0 Å². The molecule has 0 radical (unpaired) electrons. The summed E-state index contributed by atoms with van der Waals surface area (Å²) in [5.41, 5.74) is 5.78. The molecule has 6 nitrogen and oxygen atoms in total. The summed E-state index contributed by atoms with van der Waals surface area (Å²) in [5.74, 6) is 5.66. The van der Waals surface area contributed by atoms with Crippen molar-refractivity contribution < 1.29 is 0 Å². The summed E-state index contributed by atoms with van der Waals surface area (Å²) in [5, 5.41) is 8.52. The Morgan fingerprint density at radius 3 is 2.59 bits per heavy atom. The summed E-state index contributed by atoms with van der Waals surface area (Å²) in [6.45, 7) is 1.96. The van der Waals surface area contributed by atoms with Crippen LogP contribution in [0.4, 0.5) is 0 Å². The number of nitrogens with zero attached hydrogens (tertiary/aromatic N) is 4. The minimum absolute atomic E-state index is 0.134. The van der Waals surface area contributed by atoms with Crippen molar-refractivity contribution in [3.8, 4) is 0 Å². The van der Waals surface area contributed by atoms with Crippen LogP contribution in [-0.2, 0) is 14.1 Å². The molecule has 0 saturated heterocycles. The highest BCUT2D eigenvalue weighted by Crippen LogP contribution is 2.28. The normalized spacial score (nSPS) is 13.0. The molecule has 0 aliphatic carbocycles. The lowest BCUT2D eigenvalue weighted by atomic mass is 10.1. The molecular formula is C10H15BrN6. The average molecular weight is 299 g/mol. The molecule has 1 atom stereocenters. The molecule has 92 valence electrons. The molecule has 0 aromatic carbocycles. The molecule has 2 heterocycles. The molecule has 17 heavy (non-hydrogen) atoms. The number of halogens is 1. The lowest BCUT2D eigenvalue weighted by Gasteiger charge is -2.16. The third-order valence-corrected chi connectivity index (χ3v) is 3.35. The number of hydrazine groups is 1. The second kappa shape index (κ2) is 4.59. The first-order valence-electron chi connectivity index (χ1n) is 5.18. The third-order valence-electron chi connectivity index (χ3n) is 2.74. The smallest absolute Gasteiger partial charge is 0.0922 e. The van der Waals surface area contributed by atoms with E-state index in [1.807, 2.05) is 27.2 Å². The van der Waals surface area contributed by atoms with Crippen LogP contribution in [0.3, 0.4) is 0 Å². The molecule has 0 amide bonds. The van der Waals surface area contributed by atoms with Crippen LogP contribution in [-0.4, -0.2) is 19.6 Å². The maximum absolute atomic E-state index is 5.66. The summed E-state index contributed by atoms with van der Waals surface area (Å²) >= 11 is 3.48. The van der Waals surface area contributed by atoms with Crippen LogP contribution < -0.4 is 11.3 Å². The van der Waals surface area contributed by atoms with Gasteiger partial charge in [0.05, 0.1) is 28.1 Å². The van der Waals surface area contributed by atoms with Crippen molar-refractivity contribution in [3.63, 3.8) is 0 Å². The Bertz CT molecular complexity index is 509. The number of nitrogens with one attached hydrogen (secondary N) is 1. The van der Waals surface area contributed by atoms with Crippen LogP contribution in [0.1, 0.15) is 23.0 Å². The Hall–Kier alpha value is -1.18. The van der Waals surface area contributed by atoms with Crippen LogP contribution in [0.15, 0.2) is 16.9 Å². The lowest BCUT2D eigenvalue weighted by molar-refractivity contribution is 0.571. The van der Waals surface area contributed by atoms with Gasteiger partial charge in [-0.2, -0.15) is 10.2 Å². The fourth-order valence-corrected chi connectivity index (χ4v) is 2.54. The molecule has 2 rings (SSSR count). The van der Waals surface area contributed by atoms with E-state index < -0.39 is 0 Å². The second-order valence-corrected chi connectivity index (χ2v) is 4.80. The van der Waals surface area contributed by atoms with Gasteiger partial charge in [-0.05, 0) is 22.9 Å². The quantitative estimate of drug-likeness (QED) is 0.649. The SMILES string of the molecule is Cc1nn(C)cc1C(NN)c1c(Br)cnn1C. The van der Waals surface area contributed by atoms with Gasteiger partial charge in [0, 0.05) is 25.9 Å². The Kier molecular flexibility index (Phi) is 3.32. The molecule has 0 saturated carbocycles. The molecule has 2 aromatic rings. The molecule has 0 fully saturated rings. The van der Waals surface area contributed by atoms with Crippen LogP contribution in [0.5, 0.6) is 0 Å². The summed E-state index contributed by atoms with van der Waals surface area (Å²) in [4.78, 5) is 0. The van der Waals surface area contributed by atoms with Gasteiger partial charge in [0.1, 0.15) is 0 Å². The zero-order valence-corrected chi connectivity index (χ0v) is 11.6. The maximum Gasteiger partial charge on any atom is 0.0922 e. The Labute approximate surface area is 108 Å². The van der Waals surface area contributed by atoms with E-state index in [9.17, 15) is 0 Å². The van der Waals surface area contributed by atoms with Gasteiger partial charge < -0.3 is 0 Å². The molecule has 1 unspecified atom stereocenters. The number of nitrogens with two attached hydrogens (primary N) is 1. The predicted molar refractivity (Wildman–Crippen MR) is 68.0 cm³/mol. The highest BCUT2D eigenvalue weighted by molar-refractivity contribution is 9.10. The van der Waals surface area contributed by atoms with Crippen LogP contribution >= 0.6 is 15.9 Å². The molecule has 7 heteroatoms. The zero-order valence-electron chi connectivity index (χ0n) is 9.98. The van der Waals surface area contributed by atoms with Gasteiger partial charge in [-0.3, -0.25) is 15.2 Å². The van der Waals surface area contributed by atoms with Gasteiger partial charge in [-0.25, -0.2) is 5.43 Å². The fourth-order valence-electron chi connectivity index (χ4n) is 1.96. The minimum Gasteiger partial charge on any atom is -0.275 e. The van der Waals surface area contributed by atoms with E-state index in [1.54, 1.807) is 15.6 Å². The van der Waals surface area contributed by atoms with Crippen molar-refractivity contribution in [3.05, 3.63) is 33.8 Å². The van der Waals surface area contributed by atoms with Gasteiger partial charge >= 0.3 is 0 Å².